The van der Waals surface area contributed by atoms with Gasteiger partial charge in [-0.25, -0.2) is 13.1 Å². The molecular formula is C32H53Cl2N7O2S. The molecule has 0 radical (unpaired) electrons. The maximum Gasteiger partial charge on any atom is 0.240 e. The van der Waals surface area contributed by atoms with Gasteiger partial charge in [-0.2, -0.15) is 0 Å². The average molecular weight is 671 g/mol. The van der Waals surface area contributed by atoms with Gasteiger partial charge in [-0.15, -0.1) is 0 Å². The summed E-state index contributed by atoms with van der Waals surface area (Å²) in [6.07, 6.45) is 5.86. The van der Waals surface area contributed by atoms with Crippen molar-refractivity contribution in [3.05, 3.63) is 63.1 Å². The van der Waals surface area contributed by atoms with Crippen LogP contribution in [-0.4, -0.2) is 102 Å². The lowest BCUT2D eigenvalue weighted by Gasteiger charge is -2.33. The molecule has 1 aliphatic rings. The summed E-state index contributed by atoms with van der Waals surface area (Å²) >= 11 is 12.8. The predicted molar refractivity (Wildman–Crippen MR) is 184 cm³/mol. The monoisotopic (exact) mass is 669 g/mol. The van der Waals surface area contributed by atoms with Crippen molar-refractivity contribution in [2.24, 2.45) is 17.2 Å². The molecule has 44 heavy (non-hydrogen) atoms. The number of rotatable bonds is 21. The van der Waals surface area contributed by atoms with Crippen molar-refractivity contribution in [1.29, 1.82) is 0 Å². The highest BCUT2D eigenvalue weighted by molar-refractivity contribution is 7.89. The first-order chi connectivity index (χ1) is 21.2. The van der Waals surface area contributed by atoms with E-state index in [1.54, 1.807) is 18.2 Å². The summed E-state index contributed by atoms with van der Waals surface area (Å²) in [4.78, 5) is 7.35. The van der Waals surface area contributed by atoms with Gasteiger partial charge in [0.25, 0.3) is 0 Å². The molecule has 2 aromatic carbocycles. The maximum atomic E-state index is 13.1. The number of unbranched alkanes of at least 4 members (excludes halogenated alkanes) is 1. The van der Waals surface area contributed by atoms with E-state index >= 15 is 0 Å². The van der Waals surface area contributed by atoms with Gasteiger partial charge in [0, 0.05) is 35.6 Å². The van der Waals surface area contributed by atoms with E-state index in [1.165, 1.54) is 0 Å². The number of sulfonamides is 1. The Morgan fingerprint density at radius 1 is 0.818 bits per heavy atom. The van der Waals surface area contributed by atoms with Crippen molar-refractivity contribution in [3.8, 4) is 0 Å². The summed E-state index contributed by atoms with van der Waals surface area (Å²) in [6, 6.07) is 10.9. The van der Waals surface area contributed by atoms with Crippen LogP contribution in [0.4, 0.5) is 0 Å². The van der Waals surface area contributed by atoms with Crippen LogP contribution in [0.25, 0.3) is 0 Å². The van der Waals surface area contributed by atoms with Crippen molar-refractivity contribution >= 4 is 33.2 Å². The van der Waals surface area contributed by atoms with E-state index in [9.17, 15) is 8.42 Å². The van der Waals surface area contributed by atoms with Gasteiger partial charge in [0.05, 0.1) is 4.90 Å². The Hall–Kier alpha value is -1.31. The number of benzene rings is 2. The Kier molecular flexibility index (Phi) is 16.4. The molecule has 0 amide bonds. The summed E-state index contributed by atoms with van der Waals surface area (Å²) in [5, 5.41) is 1.27. The van der Waals surface area contributed by atoms with Crippen LogP contribution < -0.4 is 21.9 Å². The van der Waals surface area contributed by atoms with Crippen molar-refractivity contribution in [1.82, 2.24) is 19.4 Å². The number of hydrogen-bond donors (Lipinski definition) is 4. The number of nitrogens with one attached hydrogen (secondary N) is 1. The van der Waals surface area contributed by atoms with E-state index in [0.717, 1.165) is 108 Å². The molecule has 248 valence electrons. The molecule has 0 spiro atoms. The zero-order valence-corrected chi connectivity index (χ0v) is 28.7. The molecule has 1 unspecified atom stereocenters. The third-order valence-electron chi connectivity index (χ3n) is 8.26. The Balaban J connectivity index is 1.50. The van der Waals surface area contributed by atoms with Gasteiger partial charge in [-0.05, 0) is 145 Å². The Morgan fingerprint density at radius 2 is 1.34 bits per heavy atom. The van der Waals surface area contributed by atoms with Crippen molar-refractivity contribution in [3.63, 3.8) is 0 Å². The largest absolute Gasteiger partial charge is 0.330 e. The Morgan fingerprint density at radius 3 is 1.89 bits per heavy atom. The van der Waals surface area contributed by atoms with Crippen LogP contribution in [0.5, 0.6) is 0 Å². The van der Waals surface area contributed by atoms with Gasteiger partial charge in [-0.1, -0.05) is 35.3 Å². The SMILES string of the molecule is CN1Cc2c(Cl)cc(Cl)cc2C(c2ccc(S(=O)(=O)NCCCN(CCCN)CCCCN(CCCN)CCCN)cc2)C1. The van der Waals surface area contributed by atoms with E-state index in [0.29, 0.717) is 36.2 Å². The molecule has 0 fully saturated rings. The fraction of sp³-hybridized carbons (Fsp3) is 0.625. The molecule has 9 nitrogen and oxygen atoms in total. The fourth-order valence-corrected chi connectivity index (χ4v) is 7.53. The molecule has 3 rings (SSSR count). The lowest BCUT2D eigenvalue weighted by Crippen LogP contribution is -2.33. The number of halogens is 2. The van der Waals surface area contributed by atoms with Gasteiger partial charge >= 0.3 is 0 Å². The zero-order valence-electron chi connectivity index (χ0n) is 26.3. The molecule has 0 saturated heterocycles. The van der Waals surface area contributed by atoms with Crippen LogP contribution in [0.1, 0.15) is 61.1 Å². The molecule has 7 N–H and O–H groups in total. The second-order valence-electron chi connectivity index (χ2n) is 11.8. The molecule has 1 heterocycles. The first-order valence-corrected chi connectivity index (χ1v) is 18.2. The van der Waals surface area contributed by atoms with Crippen LogP contribution in [0.15, 0.2) is 41.3 Å². The summed E-state index contributed by atoms with van der Waals surface area (Å²) in [5.41, 5.74) is 20.4. The summed E-state index contributed by atoms with van der Waals surface area (Å²) in [5.74, 6) is 0.0594. The van der Waals surface area contributed by atoms with Crippen LogP contribution in [0, 0.1) is 0 Å². The first kappa shape index (κ1) is 37.2. The van der Waals surface area contributed by atoms with Crippen molar-refractivity contribution in [2.75, 3.05) is 79.0 Å². The molecule has 2 aromatic rings. The third-order valence-corrected chi connectivity index (χ3v) is 10.3. The van der Waals surface area contributed by atoms with Gasteiger partial charge in [-0.3, -0.25) is 0 Å². The van der Waals surface area contributed by atoms with E-state index in [-0.39, 0.29) is 10.8 Å². The lowest BCUT2D eigenvalue weighted by atomic mass is 9.85. The zero-order chi connectivity index (χ0) is 32.0. The van der Waals surface area contributed by atoms with Crippen molar-refractivity contribution < 1.29 is 8.42 Å². The maximum absolute atomic E-state index is 13.1. The topological polar surface area (TPSA) is 134 Å². The third kappa shape index (κ3) is 11.8. The second-order valence-corrected chi connectivity index (χ2v) is 14.5. The first-order valence-electron chi connectivity index (χ1n) is 16.0. The molecule has 1 atom stereocenters. The standard InChI is InChI=1S/C32H53Cl2N7O2S/c1-39-24-30(29-22-27(33)23-32(34)31(29)25-39)26-8-10-28(11-9-26)44(42,43)38-15-7-21-41(20-6-14-37)17-3-2-16-40(18-4-12-35)19-5-13-36/h8-11,22-23,30,38H,2-7,12-21,24-25,35-37H2,1H3. The highest BCUT2D eigenvalue weighted by atomic mass is 35.5. The quantitative estimate of drug-likeness (QED) is 0.148. The second kappa shape index (κ2) is 19.4. The van der Waals surface area contributed by atoms with E-state index in [2.05, 4.69) is 26.5 Å². The normalized spacial score (nSPS) is 15.8. The van der Waals surface area contributed by atoms with E-state index < -0.39 is 10.0 Å². The Labute approximate surface area is 275 Å². The highest BCUT2D eigenvalue weighted by Crippen LogP contribution is 2.38. The summed E-state index contributed by atoms with van der Waals surface area (Å²) in [7, 11) is -1.56. The average Bonchev–Trinajstić information content (AvgIpc) is 3.00. The van der Waals surface area contributed by atoms with Crippen LogP contribution in [0.2, 0.25) is 10.0 Å². The molecule has 0 aromatic heterocycles. The predicted octanol–water partition coefficient (Wildman–Crippen LogP) is 3.67. The molecular weight excluding hydrogens is 617 g/mol. The minimum Gasteiger partial charge on any atom is -0.330 e. The van der Waals surface area contributed by atoms with Crippen molar-refractivity contribution in [2.45, 2.75) is 55.9 Å². The van der Waals surface area contributed by atoms with Crippen LogP contribution in [-0.2, 0) is 16.6 Å². The number of fused-ring (bicyclic) bond motifs is 1. The molecule has 1 aliphatic heterocycles. The number of hydrogen-bond acceptors (Lipinski definition) is 8. The van der Waals surface area contributed by atoms with E-state index in [4.69, 9.17) is 40.4 Å². The molecule has 0 aliphatic carbocycles. The lowest BCUT2D eigenvalue weighted by molar-refractivity contribution is 0.237. The minimum atomic E-state index is -3.62. The number of nitrogens with two attached hydrogens (primary N) is 3. The van der Waals surface area contributed by atoms with Gasteiger partial charge < -0.3 is 31.9 Å². The Bertz CT molecular complexity index is 1230. The van der Waals surface area contributed by atoms with Crippen LogP contribution in [0.3, 0.4) is 0 Å². The van der Waals surface area contributed by atoms with E-state index in [1.807, 2.05) is 18.2 Å². The molecule has 12 heteroatoms. The smallest absolute Gasteiger partial charge is 0.240 e. The molecule has 0 bridgehead atoms. The summed E-state index contributed by atoms with van der Waals surface area (Å²) in [6.45, 7) is 9.81. The number of likely N-dealkylation sites (N-methyl/N-ethyl adjacent to an activating group) is 1. The van der Waals surface area contributed by atoms with Gasteiger partial charge in [0.1, 0.15) is 0 Å². The van der Waals surface area contributed by atoms with Gasteiger partial charge in [0.15, 0.2) is 0 Å². The summed E-state index contributed by atoms with van der Waals surface area (Å²) < 4.78 is 29.0. The fourth-order valence-electron chi connectivity index (χ4n) is 5.89. The number of nitrogens with zero attached hydrogens (tertiary/aromatic N) is 3. The minimum absolute atomic E-state index is 0.0594. The van der Waals surface area contributed by atoms with Crippen LogP contribution >= 0.6 is 23.2 Å². The molecule has 0 saturated carbocycles. The highest BCUT2D eigenvalue weighted by Gasteiger charge is 2.27. The van der Waals surface area contributed by atoms with Gasteiger partial charge in [0.2, 0.25) is 10.0 Å².